The molecule has 2 atom stereocenters. The van der Waals surface area contributed by atoms with Gasteiger partial charge in [0, 0.05) is 13.2 Å². The van der Waals surface area contributed by atoms with Crippen LogP contribution in [0.3, 0.4) is 0 Å². The van der Waals surface area contributed by atoms with Gasteiger partial charge in [0.2, 0.25) is 0 Å². The van der Waals surface area contributed by atoms with Crippen LogP contribution >= 0.6 is 0 Å². The molecule has 0 spiro atoms. The lowest BCUT2D eigenvalue weighted by atomic mass is 10.0. The molecule has 0 saturated carbocycles. The van der Waals surface area contributed by atoms with Crippen molar-refractivity contribution in [2.75, 3.05) is 13.2 Å². The number of nitrogens with one attached hydrogen (secondary N) is 2. The number of carbonyl (C=O) groups excluding carboxylic acids is 1. The summed E-state index contributed by atoms with van der Waals surface area (Å²) in [5.41, 5.74) is 0.757. The summed E-state index contributed by atoms with van der Waals surface area (Å²) in [5, 5.41) is 14.3. The molecule has 2 unspecified atom stereocenters. The van der Waals surface area contributed by atoms with E-state index in [0.717, 1.165) is 5.56 Å². The van der Waals surface area contributed by atoms with Gasteiger partial charge < -0.3 is 20.5 Å². The summed E-state index contributed by atoms with van der Waals surface area (Å²) in [6.45, 7) is 4.69. The molecule has 0 aliphatic carbocycles. The van der Waals surface area contributed by atoms with E-state index in [0.29, 0.717) is 13.2 Å². The highest BCUT2D eigenvalue weighted by Crippen LogP contribution is 2.16. The maximum Gasteiger partial charge on any atom is 0.315 e. The normalized spacial score (nSPS) is 13.2. The molecule has 0 radical (unpaired) electrons. The van der Waals surface area contributed by atoms with Crippen molar-refractivity contribution < 1.29 is 19.4 Å². The molecule has 0 aliphatic rings. The van der Waals surface area contributed by atoms with E-state index in [4.69, 9.17) is 9.84 Å². The first-order valence-electron chi connectivity index (χ1n) is 6.95. The van der Waals surface area contributed by atoms with Crippen LogP contribution in [0.4, 0.5) is 4.79 Å². The van der Waals surface area contributed by atoms with Gasteiger partial charge in [-0.05, 0) is 19.4 Å². The summed E-state index contributed by atoms with van der Waals surface area (Å²) in [5.74, 6) is -0.966. The molecule has 2 amide bonds. The minimum Gasteiger partial charge on any atom is -0.481 e. The molecule has 3 N–H and O–H groups in total. The number of hydrogen-bond acceptors (Lipinski definition) is 3. The summed E-state index contributed by atoms with van der Waals surface area (Å²) < 4.78 is 5.31. The lowest BCUT2D eigenvalue weighted by Gasteiger charge is -2.19. The number of ether oxygens (including phenoxy) is 1. The smallest absolute Gasteiger partial charge is 0.315 e. The number of aliphatic carboxylic acids is 1. The lowest BCUT2D eigenvalue weighted by Crippen LogP contribution is -2.41. The standard InChI is InChI=1S/C15H22N2O4/c1-3-21-11(2)10-16-15(20)17-13(9-14(18)19)12-7-5-4-6-8-12/h4-8,11,13H,3,9-10H2,1-2H3,(H,18,19)(H2,16,17,20). The summed E-state index contributed by atoms with van der Waals surface area (Å²) in [6.07, 6.45) is -0.256. The third kappa shape index (κ3) is 6.76. The van der Waals surface area contributed by atoms with E-state index in [1.807, 2.05) is 19.9 Å². The first-order valence-corrected chi connectivity index (χ1v) is 6.95. The van der Waals surface area contributed by atoms with E-state index in [-0.39, 0.29) is 12.5 Å². The third-order valence-corrected chi connectivity index (χ3v) is 2.89. The first-order chi connectivity index (χ1) is 10.0. The van der Waals surface area contributed by atoms with Gasteiger partial charge in [0.1, 0.15) is 0 Å². The summed E-state index contributed by atoms with van der Waals surface area (Å²) in [4.78, 5) is 22.8. The summed E-state index contributed by atoms with van der Waals surface area (Å²) in [7, 11) is 0. The van der Waals surface area contributed by atoms with Gasteiger partial charge in [0.15, 0.2) is 0 Å². The predicted octanol–water partition coefficient (Wildman–Crippen LogP) is 1.93. The molecule has 0 fully saturated rings. The molecule has 0 aromatic heterocycles. The Morgan fingerprint density at radius 1 is 1.29 bits per heavy atom. The average molecular weight is 294 g/mol. The maximum absolute atomic E-state index is 11.8. The van der Waals surface area contributed by atoms with Gasteiger partial charge in [0.25, 0.3) is 0 Å². The van der Waals surface area contributed by atoms with Gasteiger partial charge in [-0.15, -0.1) is 0 Å². The highest BCUT2D eigenvalue weighted by molar-refractivity contribution is 5.76. The van der Waals surface area contributed by atoms with Gasteiger partial charge in [0.05, 0.1) is 18.6 Å². The fraction of sp³-hybridized carbons (Fsp3) is 0.467. The Morgan fingerprint density at radius 2 is 1.95 bits per heavy atom. The molecule has 116 valence electrons. The zero-order valence-corrected chi connectivity index (χ0v) is 12.3. The second-order valence-corrected chi connectivity index (χ2v) is 4.68. The molecule has 1 rings (SSSR count). The molecule has 6 heteroatoms. The van der Waals surface area contributed by atoms with Crippen molar-refractivity contribution in [1.82, 2.24) is 10.6 Å². The van der Waals surface area contributed by atoms with Crippen molar-refractivity contribution >= 4 is 12.0 Å². The number of amides is 2. The number of hydrogen-bond donors (Lipinski definition) is 3. The van der Waals surface area contributed by atoms with E-state index in [1.54, 1.807) is 24.3 Å². The Balaban J connectivity index is 2.56. The van der Waals surface area contributed by atoms with Crippen molar-refractivity contribution in [1.29, 1.82) is 0 Å². The van der Waals surface area contributed by atoms with Crippen LogP contribution in [0.1, 0.15) is 31.9 Å². The minimum absolute atomic E-state index is 0.0876. The van der Waals surface area contributed by atoms with Crippen LogP contribution in [0.25, 0.3) is 0 Å². The molecule has 0 saturated heterocycles. The number of carboxylic acids is 1. The van der Waals surface area contributed by atoms with Gasteiger partial charge in [-0.3, -0.25) is 4.79 Å². The van der Waals surface area contributed by atoms with Crippen molar-refractivity contribution in [3.8, 4) is 0 Å². The molecule has 1 aromatic rings. The first kappa shape index (κ1) is 17.0. The molecular formula is C15H22N2O4. The third-order valence-electron chi connectivity index (χ3n) is 2.89. The molecule has 0 heterocycles. The quantitative estimate of drug-likeness (QED) is 0.683. The van der Waals surface area contributed by atoms with E-state index < -0.39 is 18.0 Å². The fourth-order valence-electron chi connectivity index (χ4n) is 1.90. The highest BCUT2D eigenvalue weighted by atomic mass is 16.5. The van der Waals surface area contributed by atoms with E-state index in [2.05, 4.69) is 10.6 Å². The summed E-state index contributed by atoms with van der Waals surface area (Å²) >= 11 is 0. The zero-order chi connectivity index (χ0) is 15.7. The van der Waals surface area contributed by atoms with Crippen LogP contribution in [-0.4, -0.2) is 36.4 Å². The van der Waals surface area contributed by atoms with Crippen molar-refractivity contribution in [3.05, 3.63) is 35.9 Å². The number of rotatable bonds is 8. The second kappa shape index (κ2) is 8.97. The summed E-state index contributed by atoms with van der Waals surface area (Å²) in [6, 6.07) is 8.06. The van der Waals surface area contributed by atoms with Crippen LogP contribution in [0.5, 0.6) is 0 Å². The SMILES string of the molecule is CCOC(C)CNC(=O)NC(CC(=O)O)c1ccccc1. The monoisotopic (exact) mass is 294 g/mol. The van der Waals surface area contributed by atoms with Crippen LogP contribution in [-0.2, 0) is 9.53 Å². The fourth-order valence-corrected chi connectivity index (χ4v) is 1.90. The second-order valence-electron chi connectivity index (χ2n) is 4.68. The topological polar surface area (TPSA) is 87.7 Å². The van der Waals surface area contributed by atoms with E-state index >= 15 is 0 Å². The van der Waals surface area contributed by atoms with Gasteiger partial charge in [-0.25, -0.2) is 4.79 Å². The van der Waals surface area contributed by atoms with Gasteiger partial charge in [-0.1, -0.05) is 30.3 Å². The van der Waals surface area contributed by atoms with Crippen LogP contribution < -0.4 is 10.6 Å². The molecule has 0 bridgehead atoms. The zero-order valence-electron chi connectivity index (χ0n) is 12.3. The predicted molar refractivity (Wildman–Crippen MR) is 79.1 cm³/mol. The largest absolute Gasteiger partial charge is 0.481 e. The Hall–Kier alpha value is -2.08. The minimum atomic E-state index is -0.966. The van der Waals surface area contributed by atoms with E-state index in [9.17, 15) is 9.59 Å². The Kier molecular flexibility index (Phi) is 7.25. The molecule has 6 nitrogen and oxygen atoms in total. The Bertz CT molecular complexity index is 450. The highest BCUT2D eigenvalue weighted by Gasteiger charge is 2.18. The van der Waals surface area contributed by atoms with Crippen LogP contribution in [0.2, 0.25) is 0 Å². The lowest BCUT2D eigenvalue weighted by molar-refractivity contribution is -0.137. The van der Waals surface area contributed by atoms with Crippen molar-refractivity contribution in [2.45, 2.75) is 32.4 Å². The Labute approximate surface area is 124 Å². The number of carbonyl (C=O) groups is 2. The van der Waals surface area contributed by atoms with Gasteiger partial charge in [-0.2, -0.15) is 0 Å². The van der Waals surface area contributed by atoms with E-state index in [1.165, 1.54) is 0 Å². The molecule has 1 aromatic carbocycles. The average Bonchev–Trinajstić information content (AvgIpc) is 2.45. The molecular weight excluding hydrogens is 272 g/mol. The van der Waals surface area contributed by atoms with Gasteiger partial charge >= 0.3 is 12.0 Å². The number of carboxylic acid groups (broad SMARTS) is 1. The van der Waals surface area contributed by atoms with Crippen molar-refractivity contribution in [2.24, 2.45) is 0 Å². The number of benzene rings is 1. The maximum atomic E-state index is 11.8. The number of urea groups is 1. The Morgan fingerprint density at radius 3 is 2.52 bits per heavy atom. The molecule has 0 aliphatic heterocycles. The van der Waals surface area contributed by atoms with Crippen LogP contribution in [0, 0.1) is 0 Å². The molecule has 21 heavy (non-hydrogen) atoms. The van der Waals surface area contributed by atoms with Crippen LogP contribution in [0.15, 0.2) is 30.3 Å². The van der Waals surface area contributed by atoms with Crippen molar-refractivity contribution in [3.63, 3.8) is 0 Å².